The molecular weight excluding hydrogens is 270 g/mol. The average Bonchev–Trinajstić information content (AvgIpc) is 3.15. The van der Waals surface area contributed by atoms with Crippen LogP contribution in [0.25, 0.3) is 11.0 Å². The number of nitrogens with one attached hydrogen (secondary N) is 1. The molecule has 0 saturated carbocycles. The Morgan fingerprint density at radius 3 is 3.19 bits per heavy atom. The van der Waals surface area contributed by atoms with Crippen LogP contribution < -0.4 is 5.32 Å². The summed E-state index contributed by atoms with van der Waals surface area (Å²) in [4.78, 5) is 11.8. The van der Waals surface area contributed by atoms with Crippen molar-refractivity contribution in [1.82, 2.24) is 24.9 Å². The molecule has 2 aromatic heterocycles. The maximum Gasteiger partial charge on any atom is 0.249 e. The van der Waals surface area contributed by atoms with Crippen LogP contribution in [0.3, 0.4) is 0 Å². The molecule has 0 unspecified atom stereocenters. The van der Waals surface area contributed by atoms with E-state index in [0.717, 1.165) is 42.5 Å². The van der Waals surface area contributed by atoms with E-state index in [0.29, 0.717) is 13.2 Å². The lowest BCUT2D eigenvalue weighted by molar-refractivity contribution is -0.130. The summed E-state index contributed by atoms with van der Waals surface area (Å²) in [6.45, 7) is 4.09. The van der Waals surface area contributed by atoms with Gasteiger partial charge in [-0.25, -0.2) is 0 Å². The van der Waals surface area contributed by atoms with Gasteiger partial charge in [-0.1, -0.05) is 0 Å². The van der Waals surface area contributed by atoms with Gasteiger partial charge in [-0.15, -0.1) is 0 Å². The highest BCUT2D eigenvalue weighted by atomic mass is 16.5. The van der Waals surface area contributed by atoms with Crippen LogP contribution in [0.15, 0.2) is 6.20 Å². The molecule has 114 valence electrons. The van der Waals surface area contributed by atoms with Crippen molar-refractivity contribution in [3.05, 3.63) is 11.9 Å². The van der Waals surface area contributed by atoms with Gasteiger partial charge in [-0.3, -0.25) is 14.2 Å². The molecule has 0 bridgehead atoms. The molecule has 1 N–H and O–H groups in total. The van der Waals surface area contributed by atoms with Crippen molar-refractivity contribution in [2.24, 2.45) is 7.05 Å². The molecule has 7 nitrogen and oxygen atoms in total. The first kappa shape index (κ1) is 14.1. The first-order chi connectivity index (χ1) is 10.2. The molecule has 0 spiro atoms. The molecule has 3 heterocycles. The predicted octanol–water partition coefficient (Wildman–Crippen LogP) is 0.764. The fourth-order valence-corrected chi connectivity index (χ4v) is 2.82. The van der Waals surface area contributed by atoms with Crippen LogP contribution >= 0.6 is 0 Å². The normalized spacial score (nSPS) is 18.5. The van der Waals surface area contributed by atoms with Gasteiger partial charge in [0.2, 0.25) is 5.91 Å². The second kappa shape index (κ2) is 5.85. The Kier molecular flexibility index (Phi) is 3.92. The summed E-state index contributed by atoms with van der Waals surface area (Å²) in [6.07, 6.45) is 4.23. The third-order valence-electron chi connectivity index (χ3n) is 3.88. The molecule has 1 saturated heterocycles. The topological polar surface area (TPSA) is 74.0 Å². The third kappa shape index (κ3) is 2.78. The number of nitrogens with zero attached hydrogens (tertiary/aromatic N) is 4. The second-order valence-corrected chi connectivity index (χ2v) is 5.46. The highest BCUT2D eigenvalue weighted by Crippen LogP contribution is 2.16. The lowest BCUT2D eigenvalue weighted by Gasteiger charge is -2.10. The molecule has 0 aliphatic carbocycles. The van der Waals surface area contributed by atoms with Gasteiger partial charge in [0.1, 0.15) is 17.1 Å². The molecule has 2 aromatic rings. The maximum atomic E-state index is 11.8. The van der Waals surface area contributed by atoms with Gasteiger partial charge in [0.05, 0.1) is 11.9 Å². The van der Waals surface area contributed by atoms with E-state index in [2.05, 4.69) is 15.5 Å². The maximum absolute atomic E-state index is 11.8. The minimum absolute atomic E-state index is 0.00988. The number of amides is 1. The van der Waals surface area contributed by atoms with Gasteiger partial charge >= 0.3 is 0 Å². The lowest BCUT2D eigenvalue weighted by Crippen LogP contribution is -2.35. The summed E-state index contributed by atoms with van der Waals surface area (Å²) >= 11 is 0. The van der Waals surface area contributed by atoms with E-state index in [1.807, 2.05) is 29.5 Å². The Morgan fingerprint density at radius 2 is 2.43 bits per heavy atom. The van der Waals surface area contributed by atoms with E-state index in [9.17, 15) is 4.79 Å². The number of carbonyl (C=O) groups is 1. The molecule has 7 heteroatoms. The number of hydrogen-bond donors (Lipinski definition) is 1. The summed E-state index contributed by atoms with van der Waals surface area (Å²) in [5.74, 6) is 0.00988. The minimum Gasteiger partial charge on any atom is -0.368 e. The zero-order valence-corrected chi connectivity index (χ0v) is 12.5. The molecular formula is C14H21N5O2. The fourth-order valence-electron chi connectivity index (χ4n) is 2.82. The SMILES string of the molecule is Cc1nn(C)c2cnn(CCCNC(=O)[C@H]3CCCO3)c12. The van der Waals surface area contributed by atoms with Crippen LogP contribution in [0, 0.1) is 6.92 Å². The Balaban J connectivity index is 1.51. The number of hydrogen-bond acceptors (Lipinski definition) is 4. The summed E-state index contributed by atoms with van der Waals surface area (Å²) in [6, 6.07) is 0. The zero-order chi connectivity index (χ0) is 14.8. The number of rotatable bonds is 5. The van der Waals surface area contributed by atoms with E-state index in [4.69, 9.17) is 4.74 Å². The molecule has 1 atom stereocenters. The largest absolute Gasteiger partial charge is 0.368 e. The lowest BCUT2D eigenvalue weighted by atomic mass is 10.2. The molecule has 21 heavy (non-hydrogen) atoms. The van der Waals surface area contributed by atoms with Gasteiger partial charge in [0.25, 0.3) is 0 Å². The number of carbonyl (C=O) groups excluding carboxylic acids is 1. The number of fused-ring (bicyclic) bond motifs is 1. The van der Waals surface area contributed by atoms with Gasteiger partial charge in [-0.05, 0) is 26.2 Å². The number of aryl methyl sites for hydroxylation is 3. The van der Waals surface area contributed by atoms with Crippen LogP contribution in [-0.4, -0.2) is 44.7 Å². The Labute approximate surface area is 123 Å². The Hall–Kier alpha value is -1.89. The molecule has 1 fully saturated rings. The quantitative estimate of drug-likeness (QED) is 0.826. The number of aromatic nitrogens is 4. The summed E-state index contributed by atoms with van der Waals surface area (Å²) in [5, 5.41) is 11.7. The highest BCUT2D eigenvalue weighted by Gasteiger charge is 2.22. The van der Waals surface area contributed by atoms with Crippen molar-refractivity contribution in [2.45, 2.75) is 38.8 Å². The minimum atomic E-state index is -0.248. The van der Waals surface area contributed by atoms with Gasteiger partial charge in [-0.2, -0.15) is 10.2 Å². The van der Waals surface area contributed by atoms with Crippen LogP contribution in [0.1, 0.15) is 25.0 Å². The third-order valence-corrected chi connectivity index (χ3v) is 3.88. The molecule has 1 aliphatic heterocycles. The molecule has 1 amide bonds. The Bertz CT molecular complexity index is 639. The summed E-state index contributed by atoms with van der Waals surface area (Å²) in [7, 11) is 1.92. The van der Waals surface area contributed by atoms with E-state index < -0.39 is 0 Å². The standard InChI is InChI=1S/C14H21N5O2/c1-10-13-11(18(2)17-10)9-16-19(13)7-4-6-15-14(20)12-5-3-8-21-12/h9,12H,3-8H2,1-2H3,(H,15,20)/t12-/m1/s1. The van der Waals surface area contributed by atoms with Gasteiger partial charge in [0, 0.05) is 26.7 Å². The van der Waals surface area contributed by atoms with Crippen LogP contribution in [0.2, 0.25) is 0 Å². The van der Waals surface area contributed by atoms with Crippen molar-refractivity contribution in [3.63, 3.8) is 0 Å². The highest BCUT2D eigenvalue weighted by molar-refractivity contribution is 5.81. The van der Waals surface area contributed by atoms with Crippen LogP contribution in [-0.2, 0) is 23.1 Å². The van der Waals surface area contributed by atoms with Crippen molar-refractivity contribution < 1.29 is 9.53 Å². The number of ether oxygens (including phenoxy) is 1. The molecule has 0 aromatic carbocycles. The van der Waals surface area contributed by atoms with Crippen LogP contribution in [0.4, 0.5) is 0 Å². The van der Waals surface area contributed by atoms with Crippen molar-refractivity contribution in [3.8, 4) is 0 Å². The van der Waals surface area contributed by atoms with Gasteiger partial charge in [0.15, 0.2) is 0 Å². The summed E-state index contributed by atoms with van der Waals surface area (Å²) < 4.78 is 9.15. The van der Waals surface area contributed by atoms with E-state index in [1.165, 1.54) is 0 Å². The molecule has 3 rings (SSSR count). The summed E-state index contributed by atoms with van der Waals surface area (Å²) in [5.41, 5.74) is 3.09. The van der Waals surface area contributed by atoms with Crippen molar-refractivity contribution in [1.29, 1.82) is 0 Å². The Morgan fingerprint density at radius 1 is 1.57 bits per heavy atom. The average molecular weight is 291 g/mol. The van der Waals surface area contributed by atoms with E-state index in [-0.39, 0.29) is 12.0 Å². The molecule has 1 aliphatic rings. The van der Waals surface area contributed by atoms with Crippen LogP contribution in [0.5, 0.6) is 0 Å². The van der Waals surface area contributed by atoms with E-state index >= 15 is 0 Å². The predicted molar refractivity (Wildman–Crippen MR) is 77.8 cm³/mol. The van der Waals surface area contributed by atoms with E-state index in [1.54, 1.807) is 0 Å². The first-order valence-corrected chi connectivity index (χ1v) is 7.41. The zero-order valence-electron chi connectivity index (χ0n) is 12.5. The fraction of sp³-hybridized carbons (Fsp3) is 0.643. The van der Waals surface area contributed by atoms with Crippen molar-refractivity contribution in [2.75, 3.05) is 13.2 Å². The molecule has 0 radical (unpaired) electrons. The first-order valence-electron chi connectivity index (χ1n) is 7.41. The van der Waals surface area contributed by atoms with Crippen molar-refractivity contribution >= 4 is 16.9 Å². The monoisotopic (exact) mass is 291 g/mol. The second-order valence-electron chi connectivity index (χ2n) is 5.46. The van der Waals surface area contributed by atoms with Gasteiger partial charge < -0.3 is 10.1 Å². The smallest absolute Gasteiger partial charge is 0.249 e.